The molecule has 0 atom stereocenters. The monoisotopic (exact) mass is 167 g/mol. The fourth-order valence-corrected chi connectivity index (χ4v) is 1.98. The lowest BCUT2D eigenvalue weighted by atomic mass is 9.93. The number of carbonyl (C=O) groups is 1. The Kier molecular flexibility index (Phi) is 1.91. The highest BCUT2D eigenvalue weighted by atomic mass is 16.1. The van der Waals surface area contributed by atoms with Crippen LogP contribution in [0.25, 0.3) is 0 Å². The minimum absolute atomic E-state index is 0.0419. The molecule has 0 amide bonds. The Morgan fingerprint density at radius 3 is 1.83 bits per heavy atom. The van der Waals surface area contributed by atoms with E-state index in [1.165, 1.54) is 0 Å². The SMILES string of the molecule is CC1=C(C=O)C(C)(C)NC1(C)C. The summed E-state index contributed by atoms with van der Waals surface area (Å²) < 4.78 is 0. The molecule has 1 aliphatic heterocycles. The van der Waals surface area contributed by atoms with Gasteiger partial charge in [-0.2, -0.15) is 0 Å². The van der Waals surface area contributed by atoms with E-state index in [0.29, 0.717) is 0 Å². The number of aldehydes is 1. The summed E-state index contributed by atoms with van der Waals surface area (Å²) in [5, 5.41) is 3.41. The van der Waals surface area contributed by atoms with Crippen molar-refractivity contribution in [1.82, 2.24) is 5.32 Å². The van der Waals surface area contributed by atoms with Crippen molar-refractivity contribution in [2.24, 2.45) is 0 Å². The van der Waals surface area contributed by atoms with E-state index in [1.807, 2.05) is 20.8 Å². The average molecular weight is 167 g/mol. The number of carbonyl (C=O) groups excluding carboxylic acids is 1. The number of rotatable bonds is 1. The van der Waals surface area contributed by atoms with Crippen LogP contribution in [0.15, 0.2) is 11.1 Å². The minimum atomic E-state index is -0.171. The summed E-state index contributed by atoms with van der Waals surface area (Å²) in [5.74, 6) is 0. The standard InChI is InChI=1S/C10H17NO/c1-7-8(6-12)10(4,5)11-9(7,2)3/h6,11H,1-5H3. The van der Waals surface area contributed by atoms with Gasteiger partial charge in [0.15, 0.2) is 0 Å². The Labute approximate surface area is 74.0 Å². The van der Waals surface area contributed by atoms with E-state index in [2.05, 4.69) is 19.2 Å². The minimum Gasteiger partial charge on any atom is -0.299 e. The van der Waals surface area contributed by atoms with Gasteiger partial charge in [-0.05, 0) is 40.2 Å². The van der Waals surface area contributed by atoms with Gasteiger partial charge >= 0.3 is 0 Å². The van der Waals surface area contributed by atoms with Gasteiger partial charge in [0.2, 0.25) is 0 Å². The van der Waals surface area contributed by atoms with E-state index in [4.69, 9.17) is 0 Å². The highest BCUT2D eigenvalue weighted by molar-refractivity contribution is 5.80. The third-order valence-electron chi connectivity index (χ3n) is 2.76. The Morgan fingerprint density at radius 1 is 1.17 bits per heavy atom. The predicted octanol–water partition coefficient (Wildman–Crippen LogP) is 1.66. The maximum Gasteiger partial charge on any atom is 0.147 e. The van der Waals surface area contributed by atoms with E-state index in [0.717, 1.165) is 17.4 Å². The van der Waals surface area contributed by atoms with Crippen LogP contribution in [0, 0.1) is 0 Å². The molecule has 1 rings (SSSR count). The van der Waals surface area contributed by atoms with Crippen LogP contribution >= 0.6 is 0 Å². The van der Waals surface area contributed by atoms with Gasteiger partial charge in [0, 0.05) is 16.7 Å². The Balaban J connectivity index is 3.19. The third kappa shape index (κ3) is 1.20. The largest absolute Gasteiger partial charge is 0.299 e. The zero-order valence-electron chi connectivity index (χ0n) is 8.49. The third-order valence-corrected chi connectivity index (χ3v) is 2.76. The van der Waals surface area contributed by atoms with Gasteiger partial charge in [0.25, 0.3) is 0 Å². The first kappa shape index (κ1) is 9.46. The Bertz CT molecular complexity index is 249. The second kappa shape index (κ2) is 2.43. The molecule has 0 saturated carbocycles. The molecule has 68 valence electrons. The van der Waals surface area contributed by atoms with Crippen LogP contribution in [-0.4, -0.2) is 17.4 Å². The molecule has 0 aromatic rings. The molecule has 1 heterocycles. The fraction of sp³-hybridized carbons (Fsp3) is 0.700. The summed E-state index contributed by atoms with van der Waals surface area (Å²) in [5.41, 5.74) is 1.84. The van der Waals surface area contributed by atoms with Crippen molar-refractivity contribution in [3.05, 3.63) is 11.1 Å². The first-order valence-corrected chi connectivity index (χ1v) is 4.27. The summed E-state index contributed by atoms with van der Waals surface area (Å²) in [6.45, 7) is 10.3. The molecule has 1 aliphatic rings. The Hall–Kier alpha value is -0.630. The molecule has 0 bridgehead atoms. The first-order valence-electron chi connectivity index (χ1n) is 4.27. The van der Waals surface area contributed by atoms with Crippen molar-refractivity contribution in [3.8, 4) is 0 Å². The van der Waals surface area contributed by atoms with E-state index < -0.39 is 0 Å². The molecule has 0 aromatic carbocycles. The second-order valence-corrected chi connectivity index (χ2v) is 4.53. The zero-order valence-corrected chi connectivity index (χ0v) is 8.49. The molecule has 0 saturated heterocycles. The van der Waals surface area contributed by atoms with E-state index >= 15 is 0 Å². The lowest BCUT2D eigenvalue weighted by molar-refractivity contribution is -0.105. The van der Waals surface area contributed by atoms with Gasteiger partial charge in [-0.3, -0.25) is 10.1 Å². The normalized spacial score (nSPS) is 26.1. The van der Waals surface area contributed by atoms with Gasteiger partial charge < -0.3 is 0 Å². The predicted molar refractivity (Wildman–Crippen MR) is 50.1 cm³/mol. The maximum atomic E-state index is 10.8. The molecule has 0 spiro atoms. The van der Waals surface area contributed by atoms with Gasteiger partial charge in [-0.15, -0.1) is 0 Å². The van der Waals surface area contributed by atoms with Crippen LogP contribution in [0.2, 0.25) is 0 Å². The molecule has 0 aromatic heterocycles. The van der Waals surface area contributed by atoms with Crippen LogP contribution in [0.5, 0.6) is 0 Å². The van der Waals surface area contributed by atoms with Crippen molar-refractivity contribution in [2.75, 3.05) is 0 Å². The fourth-order valence-electron chi connectivity index (χ4n) is 1.98. The molecule has 2 nitrogen and oxygen atoms in total. The van der Waals surface area contributed by atoms with E-state index in [-0.39, 0.29) is 11.1 Å². The average Bonchev–Trinajstić information content (AvgIpc) is 1.98. The molecule has 0 unspecified atom stereocenters. The van der Waals surface area contributed by atoms with Gasteiger partial charge in [0.05, 0.1) is 0 Å². The van der Waals surface area contributed by atoms with Crippen LogP contribution in [-0.2, 0) is 4.79 Å². The molecular weight excluding hydrogens is 150 g/mol. The number of hydrogen-bond acceptors (Lipinski definition) is 2. The van der Waals surface area contributed by atoms with Crippen LogP contribution in [0.1, 0.15) is 34.6 Å². The van der Waals surface area contributed by atoms with Crippen molar-refractivity contribution >= 4 is 6.29 Å². The molecule has 12 heavy (non-hydrogen) atoms. The van der Waals surface area contributed by atoms with Crippen molar-refractivity contribution in [1.29, 1.82) is 0 Å². The van der Waals surface area contributed by atoms with Crippen molar-refractivity contribution in [3.63, 3.8) is 0 Å². The van der Waals surface area contributed by atoms with Crippen LogP contribution in [0.4, 0.5) is 0 Å². The summed E-state index contributed by atoms with van der Waals surface area (Å²) >= 11 is 0. The first-order chi connectivity index (χ1) is 5.31. The van der Waals surface area contributed by atoms with Crippen LogP contribution < -0.4 is 5.32 Å². The topological polar surface area (TPSA) is 29.1 Å². The van der Waals surface area contributed by atoms with Gasteiger partial charge in [-0.1, -0.05) is 0 Å². The molecule has 0 fully saturated rings. The maximum absolute atomic E-state index is 10.8. The van der Waals surface area contributed by atoms with Gasteiger partial charge in [-0.25, -0.2) is 0 Å². The molecule has 0 radical (unpaired) electrons. The van der Waals surface area contributed by atoms with Gasteiger partial charge in [0.1, 0.15) is 6.29 Å². The molecule has 1 N–H and O–H groups in total. The van der Waals surface area contributed by atoms with E-state index in [9.17, 15) is 4.79 Å². The highest BCUT2D eigenvalue weighted by Gasteiger charge is 2.40. The van der Waals surface area contributed by atoms with Crippen molar-refractivity contribution < 1.29 is 4.79 Å². The molecule has 0 aliphatic carbocycles. The highest BCUT2D eigenvalue weighted by Crippen LogP contribution is 2.34. The summed E-state index contributed by atoms with van der Waals surface area (Å²) in [7, 11) is 0. The summed E-state index contributed by atoms with van der Waals surface area (Å²) in [4.78, 5) is 10.8. The molecular formula is C10H17NO. The smallest absolute Gasteiger partial charge is 0.147 e. The molecule has 2 heteroatoms. The Morgan fingerprint density at radius 2 is 1.67 bits per heavy atom. The second-order valence-electron chi connectivity index (χ2n) is 4.53. The quantitative estimate of drug-likeness (QED) is 0.602. The lowest BCUT2D eigenvalue weighted by Crippen LogP contribution is -2.46. The number of hydrogen-bond donors (Lipinski definition) is 1. The zero-order chi connectivity index (χ0) is 9.57. The van der Waals surface area contributed by atoms with Crippen LogP contribution in [0.3, 0.4) is 0 Å². The number of nitrogens with one attached hydrogen (secondary N) is 1. The summed E-state index contributed by atoms with van der Waals surface area (Å²) in [6, 6.07) is 0. The lowest BCUT2D eigenvalue weighted by Gasteiger charge is -2.27. The van der Waals surface area contributed by atoms with E-state index in [1.54, 1.807) is 0 Å². The summed E-state index contributed by atoms with van der Waals surface area (Å²) in [6.07, 6.45) is 0.969. The van der Waals surface area contributed by atoms with Crippen molar-refractivity contribution in [2.45, 2.75) is 45.7 Å².